The van der Waals surface area contributed by atoms with Crippen molar-refractivity contribution in [3.05, 3.63) is 64.0 Å². The monoisotopic (exact) mass is 317 g/mol. The number of para-hydroxylation sites is 2. The second-order valence-corrected chi connectivity index (χ2v) is 4.96. The normalized spacial score (nSPS) is 10.2. The van der Waals surface area contributed by atoms with E-state index in [1.165, 1.54) is 18.2 Å². The Morgan fingerprint density at radius 3 is 2.70 bits per heavy atom. The van der Waals surface area contributed by atoms with Crippen LogP contribution in [0.5, 0.6) is 0 Å². The molecule has 0 saturated heterocycles. The Morgan fingerprint density at radius 2 is 1.96 bits per heavy atom. The molecule has 7 heteroatoms. The first-order chi connectivity index (χ1) is 11.0. The lowest BCUT2D eigenvalue weighted by molar-refractivity contribution is -0.384. The molecule has 0 fully saturated rings. The van der Waals surface area contributed by atoms with Gasteiger partial charge in [0.2, 0.25) is 5.91 Å². The van der Waals surface area contributed by atoms with Crippen LogP contribution in [0.4, 0.5) is 21.5 Å². The zero-order valence-electron chi connectivity index (χ0n) is 12.5. The zero-order valence-corrected chi connectivity index (χ0v) is 12.5. The number of nitrogens with one attached hydrogen (secondary N) is 2. The van der Waals surface area contributed by atoms with E-state index in [0.717, 1.165) is 5.56 Å². The highest BCUT2D eigenvalue weighted by Crippen LogP contribution is 2.23. The van der Waals surface area contributed by atoms with Gasteiger partial charge in [0.1, 0.15) is 11.5 Å². The van der Waals surface area contributed by atoms with Gasteiger partial charge in [-0.2, -0.15) is 0 Å². The summed E-state index contributed by atoms with van der Waals surface area (Å²) in [7, 11) is 0. The number of halogens is 1. The number of nitro groups is 1. The fourth-order valence-corrected chi connectivity index (χ4v) is 2.03. The number of aryl methyl sites for hydroxylation is 1. The van der Waals surface area contributed by atoms with Crippen molar-refractivity contribution in [3.63, 3.8) is 0 Å². The molecule has 2 N–H and O–H groups in total. The molecule has 0 heterocycles. The van der Waals surface area contributed by atoms with Crippen LogP contribution in [0, 0.1) is 22.9 Å². The van der Waals surface area contributed by atoms with Gasteiger partial charge in [-0.25, -0.2) is 4.39 Å². The molecule has 0 atom stereocenters. The molecule has 0 radical (unpaired) electrons. The molecule has 2 rings (SSSR count). The maximum atomic E-state index is 13.2. The smallest absolute Gasteiger partial charge is 0.292 e. The second kappa shape index (κ2) is 7.35. The van der Waals surface area contributed by atoms with Crippen LogP contribution >= 0.6 is 0 Å². The minimum absolute atomic E-state index is 0.0473. The highest BCUT2D eigenvalue weighted by atomic mass is 19.1. The Balaban J connectivity index is 1.90. The molecule has 6 nitrogen and oxygen atoms in total. The van der Waals surface area contributed by atoms with Crippen LogP contribution in [-0.2, 0) is 4.79 Å². The van der Waals surface area contributed by atoms with E-state index in [1.807, 2.05) is 0 Å². The number of rotatable bonds is 6. The van der Waals surface area contributed by atoms with Gasteiger partial charge in [-0.1, -0.05) is 18.2 Å². The minimum atomic E-state index is -0.488. The van der Waals surface area contributed by atoms with Crippen molar-refractivity contribution in [2.24, 2.45) is 0 Å². The van der Waals surface area contributed by atoms with E-state index < -0.39 is 10.7 Å². The van der Waals surface area contributed by atoms with Crippen LogP contribution in [0.15, 0.2) is 42.5 Å². The number of anilines is 2. The molecule has 0 aliphatic rings. The minimum Gasteiger partial charge on any atom is -0.379 e. The Morgan fingerprint density at radius 1 is 1.22 bits per heavy atom. The summed E-state index contributed by atoms with van der Waals surface area (Å²) in [6, 6.07) is 10.4. The molecule has 23 heavy (non-hydrogen) atoms. The zero-order chi connectivity index (χ0) is 16.8. The predicted octanol–water partition coefficient (Wildman–Crippen LogP) is 3.48. The molecule has 0 aromatic heterocycles. The number of benzene rings is 2. The molecule has 0 aliphatic heterocycles. The Labute approximate surface area is 132 Å². The summed E-state index contributed by atoms with van der Waals surface area (Å²) < 4.78 is 13.2. The van der Waals surface area contributed by atoms with E-state index in [0.29, 0.717) is 11.4 Å². The van der Waals surface area contributed by atoms with Crippen molar-refractivity contribution in [3.8, 4) is 0 Å². The van der Waals surface area contributed by atoms with Crippen LogP contribution < -0.4 is 10.6 Å². The third-order valence-electron chi connectivity index (χ3n) is 3.24. The molecule has 2 aromatic rings. The fraction of sp³-hybridized carbons (Fsp3) is 0.188. The van der Waals surface area contributed by atoms with Crippen LogP contribution in [0.3, 0.4) is 0 Å². The molecule has 1 amide bonds. The number of amides is 1. The summed E-state index contributed by atoms with van der Waals surface area (Å²) in [4.78, 5) is 22.3. The Bertz CT molecular complexity index is 734. The lowest BCUT2D eigenvalue weighted by Crippen LogP contribution is -2.17. The van der Waals surface area contributed by atoms with E-state index in [-0.39, 0.29) is 24.6 Å². The molecule has 0 saturated carbocycles. The number of carbonyl (C=O) groups is 1. The summed E-state index contributed by atoms with van der Waals surface area (Å²) >= 11 is 0. The number of hydrogen-bond donors (Lipinski definition) is 2. The Kier molecular flexibility index (Phi) is 5.24. The van der Waals surface area contributed by atoms with Crippen molar-refractivity contribution >= 4 is 23.0 Å². The van der Waals surface area contributed by atoms with Gasteiger partial charge in [-0.3, -0.25) is 14.9 Å². The first-order valence-corrected chi connectivity index (χ1v) is 7.00. The van der Waals surface area contributed by atoms with Gasteiger partial charge in [0, 0.05) is 24.7 Å². The standard InChI is InChI=1S/C16H16FN3O3/c1-11-6-7-12(17)10-14(11)19-16(21)8-9-18-13-4-2-3-5-15(13)20(22)23/h2-7,10,18H,8-9H2,1H3,(H,19,21). The van der Waals surface area contributed by atoms with Crippen LogP contribution in [0.1, 0.15) is 12.0 Å². The largest absolute Gasteiger partial charge is 0.379 e. The van der Waals surface area contributed by atoms with E-state index in [2.05, 4.69) is 10.6 Å². The van der Waals surface area contributed by atoms with Gasteiger partial charge in [0.15, 0.2) is 0 Å². The highest BCUT2D eigenvalue weighted by molar-refractivity contribution is 5.91. The van der Waals surface area contributed by atoms with Crippen LogP contribution in [0.25, 0.3) is 0 Å². The molecule has 0 unspecified atom stereocenters. The quantitative estimate of drug-likeness (QED) is 0.631. The van der Waals surface area contributed by atoms with E-state index >= 15 is 0 Å². The number of nitrogens with zero attached hydrogens (tertiary/aromatic N) is 1. The summed E-state index contributed by atoms with van der Waals surface area (Å²) in [5.41, 5.74) is 1.48. The maximum Gasteiger partial charge on any atom is 0.292 e. The van der Waals surface area contributed by atoms with Gasteiger partial charge < -0.3 is 10.6 Å². The van der Waals surface area contributed by atoms with E-state index in [4.69, 9.17) is 0 Å². The average molecular weight is 317 g/mol. The summed E-state index contributed by atoms with van der Waals surface area (Å²) in [5, 5.41) is 16.4. The van der Waals surface area contributed by atoms with Crippen molar-refractivity contribution in [1.29, 1.82) is 0 Å². The molecule has 0 spiro atoms. The third-order valence-corrected chi connectivity index (χ3v) is 3.24. The maximum absolute atomic E-state index is 13.2. The lowest BCUT2D eigenvalue weighted by Gasteiger charge is -2.09. The highest BCUT2D eigenvalue weighted by Gasteiger charge is 2.12. The molecule has 120 valence electrons. The van der Waals surface area contributed by atoms with Gasteiger partial charge in [0.05, 0.1) is 4.92 Å². The lowest BCUT2D eigenvalue weighted by atomic mass is 10.2. The van der Waals surface area contributed by atoms with Gasteiger partial charge in [-0.15, -0.1) is 0 Å². The molecule has 0 bridgehead atoms. The van der Waals surface area contributed by atoms with Gasteiger partial charge in [0.25, 0.3) is 5.69 Å². The van der Waals surface area contributed by atoms with Crippen molar-refractivity contribution in [2.45, 2.75) is 13.3 Å². The number of nitro benzene ring substituents is 1. The van der Waals surface area contributed by atoms with Gasteiger partial charge in [-0.05, 0) is 30.7 Å². The third kappa shape index (κ3) is 4.50. The summed E-state index contributed by atoms with van der Waals surface area (Å²) in [6.07, 6.45) is 0.0992. The molecule has 2 aromatic carbocycles. The van der Waals surface area contributed by atoms with Crippen molar-refractivity contribution < 1.29 is 14.1 Å². The van der Waals surface area contributed by atoms with Gasteiger partial charge >= 0.3 is 0 Å². The molecular formula is C16H16FN3O3. The first-order valence-electron chi connectivity index (χ1n) is 7.00. The number of hydrogen-bond acceptors (Lipinski definition) is 4. The number of carbonyl (C=O) groups excluding carboxylic acids is 1. The van der Waals surface area contributed by atoms with Crippen LogP contribution in [-0.4, -0.2) is 17.4 Å². The molecular weight excluding hydrogens is 301 g/mol. The first kappa shape index (κ1) is 16.4. The average Bonchev–Trinajstić information content (AvgIpc) is 2.51. The second-order valence-electron chi connectivity index (χ2n) is 4.96. The SMILES string of the molecule is Cc1ccc(F)cc1NC(=O)CCNc1ccccc1[N+](=O)[O-]. The summed E-state index contributed by atoms with van der Waals surface area (Å²) in [5.74, 6) is -0.728. The van der Waals surface area contributed by atoms with E-state index in [9.17, 15) is 19.3 Å². The Hall–Kier alpha value is -2.96. The topological polar surface area (TPSA) is 84.3 Å². The summed E-state index contributed by atoms with van der Waals surface area (Å²) in [6.45, 7) is 1.99. The van der Waals surface area contributed by atoms with E-state index in [1.54, 1.807) is 31.2 Å². The fourth-order valence-electron chi connectivity index (χ4n) is 2.03. The van der Waals surface area contributed by atoms with Crippen LogP contribution in [0.2, 0.25) is 0 Å². The predicted molar refractivity (Wildman–Crippen MR) is 86.0 cm³/mol. The molecule has 0 aliphatic carbocycles. The van der Waals surface area contributed by atoms with Crippen molar-refractivity contribution in [2.75, 3.05) is 17.2 Å². The van der Waals surface area contributed by atoms with Crippen molar-refractivity contribution in [1.82, 2.24) is 0 Å².